The van der Waals surface area contributed by atoms with Crippen molar-refractivity contribution in [2.24, 2.45) is 0 Å². The number of rotatable bonds is 4. The van der Waals surface area contributed by atoms with Gasteiger partial charge in [-0.1, -0.05) is 0 Å². The molecule has 0 N–H and O–H groups in total. The molecule has 1 aromatic rings. The molecule has 1 amide bonds. The number of nitrogens with zero attached hydrogens (tertiary/aromatic N) is 2. The summed E-state index contributed by atoms with van der Waals surface area (Å²) in [5.41, 5.74) is 2.24. The number of ether oxygens (including phenoxy) is 2. The highest BCUT2D eigenvalue weighted by molar-refractivity contribution is 6.20. The summed E-state index contributed by atoms with van der Waals surface area (Å²) in [6.07, 6.45) is 1.24. The normalized spacial score (nSPS) is 18.9. The van der Waals surface area contributed by atoms with Crippen LogP contribution in [-0.4, -0.2) is 55.5 Å². The van der Waals surface area contributed by atoms with Crippen LogP contribution in [0.1, 0.15) is 30.9 Å². The van der Waals surface area contributed by atoms with Gasteiger partial charge in [0, 0.05) is 45.2 Å². The van der Waals surface area contributed by atoms with Gasteiger partial charge in [0.05, 0.1) is 19.8 Å². The SMILES string of the molecule is CCN1C=C(C(=O)N2CCC(F)(F)CC2)c2cc(OC)c(OC)cc2C1. The van der Waals surface area contributed by atoms with Crippen LogP contribution in [0.5, 0.6) is 11.5 Å². The van der Waals surface area contributed by atoms with Gasteiger partial charge in [0.2, 0.25) is 0 Å². The Morgan fingerprint density at radius 3 is 2.35 bits per heavy atom. The van der Waals surface area contributed by atoms with E-state index >= 15 is 0 Å². The van der Waals surface area contributed by atoms with E-state index in [1.807, 2.05) is 24.1 Å². The first-order valence-electron chi connectivity index (χ1n) is 8.76. The Morgan fingerprint density at radius 2 is 1.77 bits per heavy atom. The zero-order valence-electron chi connectivity index (χ0n) is 15.3. The predicted molar refractivity (Wildman–Crippen MR) is 94.4 cm³/mol. The molecule has 0 unspecified atom stereocenters. The van der Waals surface area contributed by atoms with Crippen LogP contribution >= 0.6 is 0 Å². The number of hydrogen-bond acceptors (Lipinski definition) is 4. The number of piperidine rings is 1. The Labute approximate surface area is 152 Å². The average molecular weight is 366 g/mol. The average Bonchev–Trinajstić information content (AvgIpc) is 2.65. The lowest BCUT2D eigenvalue weighted by molar-refractivity contribution is -0.131. The van der Waals surface area contributed by atoms with E-state index < -0.39 is 5.92 Å². The molecule has 2 heterocycles. The minimum absolute atomic E-state index is 0.0674. The first kappa shape index (κ1) is 18.5. The number of fused-ring (bicyclic) bond motifs is 1. The van der Waals surface area contributed by atoms with Crippen LogP contribution < -0.4 is 9.47 Å². The van der Waals surface area contributed by atoms with E-state index in [0.717, 1.165) is 17.7 Å². The summed E-state index contributed by atoms with van der Waals surface area (Å²) in [6.45, 7) is 3.53. The molecule has 0 atom stereocenters. The molecule has 5 nitrogen and oxygen atoms in total. The molecule has 142 valence electrons. The first-order valence-corrected chi connectivity index (χ1v) is 8.76. The van der Waals surface area contributed by atoms with E-state index in [9.17, 15) is 13.6 Å². The largest absolute Gasteiger partial charge is 0.493 e. The highest BCUT2D eigenvalue weighted by Gasteiger charge is 2.37. The maximum Gasteiger partial charge on any atom is 0.255 e. The Kier molecular flexibility index (Phi) is 5.07. The quantitative estimate of drug-likeness (QED) is 0.821. The molecule has 0 saturated carbocycles. The van der Waals surface area contributed by atoms with Gasteiger partial charge in [0.1, 0.15) is 0 Å². The highest BCUT2D eigenvalue weighted by atomic mass is 19.3. The summed E-state index contributed by atoms with van der Waals surface area (Å²) in [6, 6.07) is 3.67. The third-order valence-electron chi connectivity index (χ3n) is 5.00. The molecule has 0 bridgehead atoms. The fraction of sp³-hybridized carbons (Fsp3) is 0.526. The number of carbonyl (C=O) groups excluding carboxylic acids is 1. The van der Waals surface area contributed by atoms with Crippen molar-refractivity contribution in [2.75, 3.05) is 33.9 Å². The molecule has 1 fully saturated rings. The van der Waals surface area contributed by atoms with E-state index in [1.165, 1.54) is 4.90 Å². The van der Waals surface area contributed by atoms with Gasteiger partial charge in [0.15, 0.2) is 11.5 Å². The van der Waals surface area contributed by atoms with Crippen molar-refractivity contribution in [3.63, 3.8) is 0 Å². The van der Waals surface area contributed by atoms with Crippen molar-refractivity contribution in [2.45, 2.75) is 32.2 Å². The zero-order valence-corrected chi connectivity index (χ0v) is 15.3. The van der Waals surface area contributed by atoms with Crippen LogP contribution in [0.3, 0.4) is 0 Å². The molecule has 1 aromatic carbocycles. The summed E-state index contributed by atoms with van der Waals surface area (Å²) in [7, 11) is 3.11. The van der Waals surface area contributed by atoms with Crippen LogP contribution in [0.2, 0.25) is 0 Å². The van der Waals surface area contributed by atoms with Gasteiger partial charge in [-0.15, -0.1) is 0 Å². The summed E-state index contributed by atoms with van der Waals surface area (Å²) in [5.74, 6) is -1.75. The van der Waals surface area contributed by atoms with E-state index in [2.05, 4.69) is 0 Å². The number of halogens is 2. The molecule has 0 radical (unpaired) electrons. The van der Waals surface area contributed by atoms with Crippen LogP contribution in [0, 0.1) is 0 Å². The Morgan fingerprint density at radius 1 is 1.15 bits per heavy atom. The van der Waals surface area contributed by atoms with Gasteiger partial charge in [-0.2, -0.15) is 0 Å². The van der Waals surface area contributed by atoms with Gasteiger partial charge < -0.3 is 19.3 Å². The number of alkyl halides is 2. The fourth-order valence-corrected chi connectivity index (χ4v) is 3.40. The monoisotopic (exact) mass is 366 g/mol. The number of likely N-dealkylation sites (tertiary alicyclic amines) is 1. The predicted octanol–water partition coefficient (Wildman–Crippen LogP) is 3.14. The van der Waals surface area contributed by atoms with E-state index in [4.69, 9.17) is 9.47 Å². The highest BCUT2D eigenvalue weighted by Crippen LogP contribution is 2.38. The Balaban J connectivity index is 1.95. The fourth-order valence-electron chi connectivity index (χ4n) is 3.40. The standard InChI is InChI=1S/C19H24F2N2O3/c1-4-22-11-13-9-16(25-2)17(26-3)10-14(13)15(12-22)18(24)23-7-5-19(20,21)6-8-23/h9-10,12H,4-8,11H2,1-3H3. The van der Waals surface area contributed by atoms with E-state index in [0.29, 0.717) is 23.6 Å². The lowest BCUT2D eigenvalue weighted by Crippen LogP contribution is -2.43. The summed E-state index contributed by atoms with van der Waals surface area (Å²) in [4.78, 5) is 16.6. The first-order chi connectivity index (χ1) is 12.4. The third kappa shape index (κ3) is 3.48. The minimum Gasteiger partial charge on any atom is -0.493 e. The topological polar surface area (TPSA) is 42.0 Å². The smallest absolute Gasteiger partial charge is 0.255 e. The van der Waals surface area contributed by atoms with Gasteiger partial charge in [-0.25, -0.2) is 8.78 Å². The maximum absolute atomic E-state index is 13.4. The van der Waals surface area contributed by atoms with Crippen LogP contribution in [0.15, 0.2) is 18.3 Å². The second-order valence-electron chi connectivity index (χ2n) is 6.62. The molecule has 1 saturated heterocycles. The minimum atomic E-state index is -2.68. The maximum atomic E-state index is 13.4. The van der Waals surface area contributed by atoms with Gasteiger partial charge >= 0.3 is 0 Å². The molecule has 7 heteroatoms. The number of hydrogen-bond donors (Lipinski definition) is 0. The van der Waals surface area contributed by atoms with Gasteiger partial charge in [-0.3, -0.25) is 4.79 Å². The number of methoxy groups -OCH3 is 2. The van der Waals surface area contributed by atoms with Crippen molar-refractivity contribution in [3.05, 3.63) is 29.5 Å². The lowest BCUT2D eigenvalue weighted by Gasteiger charge is -2.34. The van der Waals surface area contributed by atoms with E-state index in [1.54, 1.807) is 20.3 Å². The number of benzene rings is 1. The molecular formula is C19H24F2N2O3. The van der Waals surface area contributed by atoms with Crippen molar-refractivity contribution in [1.82, 2.24) is 9.80 Å². The Hall–Kier alpha value is -2.31. The third-order valence-corrected chi connectivity index (χ3v) is 5.00. The van der Waals surface area contributed by atoms with Crippen molar-refractivity contribution in [3.8, 4) is 11.5 Å². The van der Waals surface area contributed by atoms with Crippen LogP contribution in [0.4, 0.5) is 8.78 Å². The lowest BCUT2D eigenvalue weighted by atomic mass is 9.94. The molecule has 3 rings (SSSR count). The van der Waals surface area contributed by atoms with Crippen molar-refractivity contribution in [1.29, 1.82) is 0 Å². The molecule has 26 heavy (non-hydrogen) atoms. The van der Waals surface area contributed by atoms with Gasteiger partial charge in [-0.05, 0) is 30.2 Å². The second kappa shape index (κ2) is 7.13. The molecule has 0 spiro atoms. The number of amides is 1. The van der Waals surface area contributed by atoms with Crippen molar-refractivity contribution < 1.29 is 23.0 Å². The summed E-state index contributed by atoms with van der Waals surface area (Å²) >= 11 is 0. The van der Waals surface area contributed by atoms with Gasteiger partial charge in [0.25, 0.3) is 11.8 Å². The Bertz CT molecular complexity index is 724. The molecule has 2 aliphatic heterocycles. The van der Waals surface area contributed by atoms with E-state index in [-0.39, 0.29) is 31.8 Å². The van der Waals surface area contributed by atoms with Crippen LogP contribution in [-0.2, 0) is 11.3 Å². The second-order valence-corrected chi connectivity index (χ2v) is 6.62. The zero-order chi connectivity index (χ0) is 18.9. The van der Waals surface area contributed by atoms with Crippen LogP contribution in [0.25, 0.3) is 5.57 Å². The summed E-state index contributed by atoms with van der Waals surface area (Å²) in [5, 5.41) is 0. The summed E-state index contributed by atoms with van der Waals surface area (Å²) < 4.78 is 37.6. The molecule has 2 aliphatic rings. The molecule has 0 aromatic heterocycles. The molecule has 0 aliphatic carbocycles. The van der Waals surface area contributed by atoms with Crippen molar-refractivity contribution >= 4 is 11.5 Å². The number of carbonyl (C=O) groups is 1. The molecular weight excluding hydrogens is 342 g/mol.